The molecule has 1 N–H and O–H groups in total. The quantitative estimate of drug-likeness (QED) is 0.243. The highest BCUT2D eigenvalue weighted by Gasteiger charge is 2.31. The smallest absolute Gasteiger partial charge is 0.261 e. The van der Waals surface area contributed by atoms with Crippen molar-refractivity contribution >= 4 is 57.6 Å². The lowest BCUT2D eigenvalue weighted by Gasteiger charge is -2.32. The molecular formula is C28H29Cl2IN2O3. The maximum atomic E-state index is 13.6. The normalized spacial score (nSPS) is 12.5. The van der Waals surface area contributed by atoms with E-state index in [9.17, 15) is 9.59 Å². The van der Waals surface area contributed by atoms with Crippen molar-refractivity contribution in [2.24, 2.45) is 0 Å². The summed E-state index contributed by atoms with van der Waals surface area (Å²) in [5.41, 5.74) is 1.72. The average molecular weight is 639 g/mol. The molecule has 36 heavy (non-hydrogen) atoms. The SMILES string of the molecule is CC[C@H](C)NC(=O)[C@@H](Cc1ccccc1)N(Cc1ccc(Cl)c(Cl)c1)C(=O)COc1ccc(I)cc1. The molecule has 0 heterocycles. The highest BCUT2D eigenvalue weighted by atomic mass is 127. The molecule has 0 unspecified atom stereocenters. The van der Waals surface area contributed by atoms with E-state index in [1.165, 1.54) is 0 Å². The Balaban J connectivity index is 1.92. The van der Waals surface area contributed by atoms with Gasteiger partial charge in [-0.1, -0.05) is 66.5 Å². The Morgan fingerprint density at radius 1 is 0.972 bits per heavy atom. The molecule has 0 aliphatic heterocycles. The Hall–Kier alpha value is -2.29. The van der Waals surface area contributed by atoms with E-state index < -0.39 is 6.04 Å². The summed E-state index contributed by atoms with van der Waals surface area (Å²) in [6.07, 6.45) is 1.14. The minimum Gasteiger partial charge on any atom is -0.484 e. The standard InChI is InChI=1S/C28H29Cl2IN2O3/c1-3-19(2)32-28(35)26(16-20-7-5-4-6-8-20)33(17-21-9-14-24(29)25(30)15-21)27(34)18-36-23-12-10-22(31)11-13-23/h4-15,19,26H,3,16-18H2,1-2H3,(H,32,35)/t19-,26+/m0/s1. The van der Waals surface area contributed by atoms with Crippen LogP contribution in [0.5, 0.6) is 5.75 Å². The molecule has 3 aromatic carbocycles. The van der Waals surface area contributed by atoms with Crippen LogP contribution in [0.2, 0.25) is 10.0 Å². The fourth-order valence-electron chi connectivity index (χ4n) is 3.59. The van der Waals surface area contributed by atoms with Gasteiger partial charge in [-0.25, -0.2) is 0 Å². The number of carbonyl (C=O) groups excluding carboxylic acids is 2. The summed E-state index contributed by atoms with van der Waals surface area (Å²) < 4.78 is 6.86. The molecule has 2 amide bonds. The van der Waals surface area contributed by atoms with Crippen molar-refractivity contribution in [3.05, 3.63) is 97.5 Å². The molecule has 0 aliphatic rings. The predicted molar refractivity (Wildman–Crippen MR) is 153 cm³/mol. The first kappa shape index (κ1) is 28.3. The van der Waals surface area contributed by atoms with E-state index >= 15 is 0 Å². The minimum atomic E-state index is -0.747. The zero-order valence-corrected chi connectivity index (χ0v) is 23.9. The highest BCUT2D eigenvalue weighted by Crippen LogP contribution is 2.24. The number of rotatable bonds is 11. The molecule has 0 saturated carbocycles. The molecule has 3 rings (SSSR count). The second-order valence-electron chi connectivity index (χ2n) is 8.54. The first-order chi connectivity index (χ1) is 17.3. The van der Waals surface area contributed by atoms with Crippen LogP contribution in [-0.4, -0.2) is 35.4 Å². The maximum Gasteiger partial charge on any atom is 0.261 e. The van der Waals surface area contributed by atoms with Crippen molar-refractivity contribution in [3.8, 4) is 5.75 Å². The fourth-order valence-corrected chi connectivity index (χ4v) is 4.27. The summed E-state index contributed by atoms with van der Waals surface area (Å²) >= 11 is 14.6. The number of ether oxygens (including phenoxy) is 1. The van der Waals surface area contributed by atoms with Crippen molar-refractivity contribution in [2.75, 3.05) is 6.61 Å². The second kappa shape index (κ2) is 13.9. The van der Waals surface area contributed by atoms with Gasteiger partial charge in [0, 0.05) is 22.6 Å². The number of hydrogen-bond acceptors (Lipinski definition) is 3. The largest absolute Gasteiger partial charge is 0.484 e. The van der Waals surface area contributed by atoms with Gasteiger partial charge in [0.15, 0.2) is 6.61 Å². The third-order valence-corrected chi connectivity index (χ3v) is 7.24. The Labute approximate surface area is 236 Å². The molecule has 5 nitrogen and oxygen atoms in total. The summed E-state index contributed by atoms with van der Waals surface area (Å²) in [6.45, 7) is 3.92. The number of halogens is 3. The van der Waals surface area contributed by atoms with E-state index in [4.69, 9.17) is 27.9 Å². The molecule has 0 aromatic heterocycles. The van der Waals surface area contributed by atoms with E-state index in [2.05, 4.69) is 27.9 Å². The topological polar surface area (TPSA) is 58.6 Å². The Morgan fingerprint density at radius 3 is 2.31 bits per heavy atom. The Kier molecular flexibility index (Phi) is 10.9. The van der Waals surface area contributed by atoms with Gasteiger partial charge in [-0.3, -0.25) is 9.59 Å². The molecule has 2 atom stereocenters. The first-order valence-corrected chi connectivity index (χ1v) is 13.6. The van der Waals surface area contributed by atoms with Gasteiger partial charge >= 0.3 is 0 Å². The molecule has 0 spiro atoms. The van der Waals surface area contributed by atoms with E-state index in [1.54, 1.807) is 23.1 Å². The van der Waals surface area contributed by atoms with Gasteiger partial charge in [0.05, 0.1) is 10.0 Å². The third kappa shape index (κ3) is 8.39. The van der Waals surface area contributed by atoms with Crippen LogP contribution in [0.3, 0.4) is 0 Å². The zero-order valence-electron chi connectivity index (χ0n) is 20.2. The first-order valence-electron chi connectivity index (χ1n) is 11.7. The molecule has 0 radical (unpaired) electrons. The van der Waals surface area contributed by atoms with Gasteiger partial charge < -0.3 is 15.0 Å². The average Bonchev–Trinajstić information content (AvgIpc) is 2.88. The van der Waals surface area contributed by atoms with Crippen molar-refractivity contribution in [1.29, 1.82) is 0 Å². The van der Waals surface area contributed by atoms with Crippen LogP contribution in [0.4, 0.5) is 0 Å². The molecule has 0 fully saturated rings. The summed E-state index contributed by atoms with van der Waals surface area (Å²) in [5, 5.41) is 3.87. The minimum absolute atomic E-state index is 0.0271. The molecule has 3 aromatic rings. The fraction of sp³-hybridized carbons (Fsp3) is 0.286. The Morgan fingerprint density at radius 2 is 1.67 bits per heavy atom. The highest BCUT2D eigenvalue weighted by molar-refractivity contribution is 14.1. The Bertz CT molecular complexity index is 1160. The van der Waals surface area contributed by atoms with E-state index in [-0.39, 0.29) is 31.0 Å². The predicted octanol–water partition coefficient (Wildman–Crippen LogP) is 6.53. The van der Waals surface area contributed by atoms with Crippen LogP contribution in [-0.2, 0) is 22.6 Å². The lowest BCUT2D eigenvalue weighted by molar-refractivity contribution is -0.143. The number of nitrogens with one attached hydrogen (secondary N) is 1. The van der Waals surface area contributed by atoms with Crippen LogP contribution in [0, 0.1) is 3.57 Å². The summed E-state index contributed by atoms with van der Waals surface area (Å²) in [6, 6.07) is 21.6. The van der Waals surface area contributed by atoms with Gasteiger partial charge in [-0.2, -0.15) is 0 Å². The van der Waals surface area contributed by atoms with E-state index in [1.807, 2.05) is 68.4 Å². The summed E-state index contributed by atoms with van der Waals surface area (Å²) in [7, 11) is 0. The third-order valence-electron chi connectivity index (χ3n) is 5.79. The lowest BCUT2D eigenvalue weighted by Crippen LogP contribution is -2.53. The summed E-state index contributed by atoms with van der Waals surface area (Å²) in [5.74, 6) is 0.0673. The maximum absolute atomic E-state index is 13.6. The lowest BCUT2D eigenvalue weighted by atomic mass is 10.0. The van der Waals surface area contributed by atoms with Gasteiger partial charge in [0.1, 0.15) is 11.8 Å². The number of benzene rings is 3. The number of hydrogen-bond donors (Lipinski definition) is 1. The van der Waals surface area contributed by atoms with Crippen LogP contribution >= 0.6 is 45.8 Å². The molecule has 8 heteroatoms. The van der Waals surface area contributed by atoms with Gasteiger partial charge in [0.2, 0.25) is 5.91 Å². The van der Waals surface area contributed by atoms with Crippen LogP contribution in [0.25, 0.3) is 0 Å². The molecule has 0 saturated heterocycles. The molecule has 190 valence electrons. The monoisotopic (exact) mass is 638 g/mol. The van der Waals surface area contributed by atoms with Crippen molar-refractivity contribution in [3.63, 3.8) is 0 Å². The molecular weight excluding hydrogens is 610 g/mol. The van der Waals surface area contributed by atoms with E-state index in [0.717, 1.165) is 21.1 Å². The molecule has 0 bridgehead atoms. The van der Waals surface area contributed by atoms with Gasteiger partial charge in [-0.15, -0.1) is 0 Å². The zero-order chi connectivity index (χ0) is 26.1. The number of carbonyl (C=O) groups is 2. The second-order valence-corrected chi connectivity index (χ2v) is 10.6. The summed E-state index contributed by atoms with van der Waals surface area (Å²) in [4.78, 5) is 28.6. The number of amides is 2. The van der Waals surface area contributed by atoms with Crippen LogP contribution < -0.4 is 10.1 Å². The van der Waals surface area contributed by atoms with Crippen molar-refractivity contribution in [2.45, 2.75) is 45.3 Å². The van der Waals surface area contributed by atoms with Gasteiger partial charge in [0.25, 0.3) is 5.91 Å². The van der Waals surface area contributed by atoms with Crippen LogP contribution in [0.15, 0.2) is 72.8 Å². The molecule has 0 aliphatic carbocycles. The van der Waals surface area contributed by atoms with Crippen molar-refractivity contribution < 1.29 is 14.3 Å². The number of nitrogens with zero attached hydrogens (tertiary/aromatic N) is 1. The van der Waals surface area contributed by atoms with Crippen LogP contribution in [0.1, 0.15) is 31.4 Å². The van der Waals surface area contributed by atoms with E-state index in [0.29, 0.717) is 22.2 Å². The van der Waals surface area contributed by atoms with Crippen molar-refractivity contribution in [1.82, 2.24) is 10.2 Å². The van der Waals surface area contributed by atoms with Gasteiger partial charge in [-0.05, 0) is 83.5 Å².